The summed E-state index contributed by atoms with van der Waals surface area (Å²) in [5.74, 6) is -3.38. The van der Waals surface area contributed by atoms with E-state index in [-0.39, 0.29) is 18.1 Å². The predicted molar refractivity (Wildman–Crippen MR) is 77.8 cm³/mol. The molecular formula is C14H14F2N4O3. The first-order valence-corrected chi connectivity index (χ1v) is 6.72. The van der Waals surface area contributed by atoms with Gasteiger partial charge >= 0.3 is 5.82 Å². The van der Waals surface area contributed by atoms with Crippen molar-refractivity contribution in [2.75, 3.05) is 5.32 Å². The second kappa shape index (κ2) is 6.51. The van der Waals surface area contributed by atoms with Gasteiger partial charge in [0, 0.05) is 11.8 Å². The van der Waals surface area contributed by atoms with Crippen LogP contribution in [0.1, 0.15) is 12.6 Å². The maximum absolute atomic E-state index is 13.1. The molecule has 122 valence electrons. The normalized spacial score (nSPS) is 12.0. The Morgan fingerprint density at radius 2 is 2.09 bits per heavy atom. The highest BCUT2D eigenvalue weighted by atomic mass is 19.2. The molecule has 0 bridgehead atoms. The number of amides is 1. The van der Waals surface area contributed by atoms with Gasteiger partial charge in [-0.15, -0.1) is 0 Å². The molecule has 0 aliphatic rings. The van der Waals surface area contributed by atoms with E-state index >= 15 is 0 Å². The van der Waals surface area contributed by atoms with Crippen LogP contribution >= 0.6 is 0 Å². The average Bonchev–Trinajstić information content (AvgIpc) is 2.84. The lowest BCUT2D eigenvalue weighted by atomic mass is 10.1. The molecule has 0 fully saturated rings. The van der Waals surface area contributed by atoms with Gasteiger partial charge in [0.25, 0.3) is 0 Å². The molecule has 1 aromatic carbocycles. The molecule has 0 aliphatic carbocycles. The van der Waals surface area contributed by atoms with Crippen LogP contribution in [-0.2, 0) is 11.3 Å². The third-order valence-corrected chi connectivity index (χ3v) is 3.24. The summed E-state index contributed by atoms with van der Waals surface area (Å²) in [6.07, 6.45) is 0. The van der Waals surface area contributed by atoms with Crippen molar-refractivity contribution in [3.8, 4) is 0 Å². The van der Waals surface area contributed by atoms with E-state index in [2.05, 4.69) is 10.4 Å². The molecule has 1 atom stereocenters. The number of anilines is 1. The van der Waals surface area contributed by atoms with Gasteiger partial charge in [0.15, 0.2) is 11.6 Å². The third-order valence-electron chi connectivity index (χ3n) is 3.24. The maximum atomic E-state index is 13.1. The van der Waals surface area contributed by atoms with Gasteiger partial charge < -0.3 is 15.4 Å². The smallest absolute Gasteiger partial charge is 0.358 e. The Bertz CT molecular complexity index is 760. The Morgan fingerprint density at radius 3 is 2.65 bits per heavy atom. The first kappa shape index (κ1) is 16.5. The fourth-order valence-electron chi connectivity index (χ4n) is 1.95. The number of aromatic nitrogens is 2. The standard InChI is InChI=1S/C14H14F2N4O3/c1-8(7-19-9(2)5-13(18-19)20(22)23)14(21)17-10-3-4-11(15)12(16)6-10/h3-6,8H,7H2,1-2H3,(H,17,21)/t8-/m0/s1. The van der Waals surface area contributed by atoms with E-state index in [1.54, 1.807) is 13.8 Å². The number of rotatable bonds is 5. The molecule has 0 saturated heterocycles. The second-order valence-electron chi connectivity index (χ2n) is 5.10. The van der Waals surface area contributed by atoms with Gasteiger partial charge in [-0.25, -0.2) is 8.78 Å². The summed E-state index contributed by atoms with van der Waals surface area (Å²) in [5.41, 5.74) is 0.674. The van der Waals surface area contributed by atoms with E-state index in [1.807, 2.05) is 0 Å². The minimum Gasteiger partial charge on any atom is -0.358 e. The van der Waals surface area contributed by atoms with Gasteiger partial charge in [0.05, 0.1) is 29.3 Å². The van der Waals surface area contributed by atoms with Crippen LogP contribution in [0.4, 0.5) is 20.3 Å². The van der Waals surface area contributed by atoms with Crippen molar-refractivity contribution < 1.29 is 18.5 Å². The van der Waals surface area contributed by atoms with Crippen molar-refractivity contribution in [2.24, 2.45) is 5.92 Å². The van der Waals surface area contributed by atoms with Gasteiger partial charge in [0.2, 0.25) is 5.91 Å². The van der Waals surface area contributed by atoms with Gasteiger partial charge in [-0.2, -0.15) is 4.68 Å². The van der Waals surface area contributed by atoms with Crippen LogP contribution < -0.4 is 5.32 Å². The summed E-state index contributed by atoms with van der Waals surface area (Å²) in [6, 6.07) is 4.34. The van der Waals surface area contributed by atoms with Crippen LogP contribution in [0.15, 0.2) is 24.3 Å². The fourth-order valence-corrected chi connectivity index (χ4v) is 1.95. The van der Waals surface area contributed by atoms with Crippen molar-refractivity contribution in [3.63, 3.8) is 0 Å². The van der Waals surface area contributed by atoms with Crippen LogP contribution in [0.25, 0.3) is 0 Å². The molecule has 0 unspecified atom stereocenters. The third kappa shape index (κ3) is 3.87. The quantitative estimate of drug-likeness (QED) is 0.676. The lowest BCUT2D eigenvalue weighted by molar-refractivity contribution is -0.389. The Labute approximate surface area is 130 Å². The first-order chi connectivity index (χ1) is 10.8. The summed E-state index contributed by atoms with van der Waals surface area (Å²) in [4.78, 5) is 22.1. The van der Waals surface area contributed by atoms with Crippen molar-refractivity contribution >= 4 is 17.4 Å². The molecule has 1 N–H and O–H groups in total. The number of aryl methyl sites for hydroxylation is 1. The van der Waals surface area contributed by atoms with Crippen LogP contribution in [0.3, 0.4) is 0 Å². The molecular weight excluding hydrogens is 310 g/mol. The highest BCUT2D eigenvalue weighted by molar-refractivity contribution is 5.92. The molecule has 9 heteroatoms. The van der Waals surface area contributed by atoms with E-state index < -0.39 is 28.4 Å². The summed E-state index contributed by atoms with van der Waals surface area (Å²) in [7, 11) is 0. The first-order valence-electron chi connectivity index (χ1n) is 6.72. The molecule has 2 aromatic rings. The number of hydrogen-bond donors (Lipinski definition) is 1. The molecule has 0 radical (unpaired) electrons. The van der Waals surface area contributed by atoms with E-state index in [1.165, 1.54) is 16.8 Å². The van der Waals surface area contributed by atoms with Gasteiger partial charge in [-0.05, 0) is 24.0 Å². The number of carbonyl (C=O) groups is 1. The number of hydrogen-bond acceptors (Lipinski definition) is 4. The molecule has 23 heavy (non-hydrogen) atoms. The summed E-state index contributed by atoms with van der Waals surface area (Å²) in [5, 5.41) is 16.9. The van der Waals surface area contributed by atoms with Crippen LogP contribution in [-0.4, -0.2) is 20.6 Å². The van der Waals surface area contributed by atoms with Crippen molar-refractivity contribution in [1.82, 2.24) is 9.78 Å². The predicted octanol–water partition coefficient (Wildman–Crippen LogP) is 2.65. The van der Waals surface area contributed by atoms with Gasteiger partial charge in [-0.1, -0.05) is 6.92 Å². The van der Waals surface area contributed by atoms with E-state index in [9.17, 15) is 23.7 Å². The lowest BCUT2D eigenvalue weighted by Gasteiger charge is -2.11. The van der Waals surface area contributed by atoms with E-state index in [0.29, 0.717) is 5.69 Å². The largest absolute Gasteiger partial charge is 0.390 e. The number of nitro groups is 1. The van der Waals surface area contributed by atoms with Crippen molar-refractivity contribution in [2.45, 2.75) is 20.4 Å². The Kier molecular flexibility index (Phi) is 4.68. The Hall–Kier alpha value is -2.84. The zero-order valence-corrected chi connectivity index (χ0v) is 12.4. The molecule has 2 rings (SSSR count). The summed E-state index contributed by atoms with van der Waals surface area (Å²) in [6.45, 7) is 3.36. The lowest BCUT2D eigenvalue weighted by Crippen LogP contribution is -2.25. The SMILES string of the molecule is Cc1cc([N+](=O)[O-])nn1C[C@H](C)C(=O)Nc1ccc(F)c(F)c1. The number of nitrogens with one attached hydrogen (secondary N) is 1. The number of nitrogens with zero attached hydrogens (tertiary/aromatic N) is 3. The number of halogens is 2. The zero-order chi connectivity index (χ0) is 17.1. The van der Waals surface area contributed by atoms with Gasteiger partial charge in [0.1, 0.15) is 0 Å². The minimum atomic E-state index is -1.06. The molecule has 1 aromatic heterocycles. The minimum absolute atomic E-state index is 0.120. The van der Waals surface area contributed by atoms with E-state index in [0.717, 1.165) is 12.1 Å². The molecule has 0 spiro atoms. The fraction of sp³-hybridized carbons (Fsp3) is 0.286. The topological polar surface area (TPSA) is 90.1 Å². The second-order valence-corrected chi connectivity index (χ2v) is 5.10. The molecule has 0 saturated carbocycles. The van der Waals surface area contributed by atoms with Crippen molar-refractivity contribution in [1.29, 1.82) is 0 Å². The average molecular weight is 324 g/mol. The summed E-state index contributed by atoms with van der Waals surface area (Å²) >= 11 is 0. The molecule has 0 aliphatic heterocycles. The van der Waals surface area contributed by atoms with Crippen LogP contribution in [0.2, 0.25) is 0 Å². The highest BCUT2D eigenvalue weighted by Gasteiger charge is 2.21. The number of benzene rings is 1. The van der Waals surface area contributed by atoms with Crippen molar-refractivity contribution in [3.05, 3.63) is 51.7 Å². The highest BCUT2D eigenvalue weighted by Crippen LogP contribution is 2.16. The maximum Gasteiger partial charge on any atom is 0.390 e. The molecule has 1 heterocycles. The number of carbonyl (C=O) groups excluding carboxylic acids is 1. The summed E-state index contributed by atoms with van der Waals surface area (Å²) < 4.78 is 27.3. The zero-order valence-electron chi connectivity index (χ0n) is 12.4. The van der Waals surface area contributed by atoms with E-state index in [4.69, 9.17) is 0 Å². The molecule has 1 amide bonds. The molecule has 7 nitrogen and oxygen atoms in total. The Morgan fingerprint density at radius 1 is 1.39 bits per heavy atom. The van der Waals surface area contributed by atoms with Crippen LogP contribution in [0.5, 0.6) is 0 Å². The monoisotopic (exact) mass is 324 g/mol. The van der Waals surface area contributed by atoms with Crippen LogP contribution in [0, 0.1) is 34.6 Å². The Balaban J connectivity index is 2.05. The van der Waals surface area contributed by atoms with Gasteiger partial charge in [-0.3, -0.25) is 4.79 Å².